The van der Waals surface area contributed by atoms with Gasteiger partial charge in [-0.1, -0.05) is 12.6 Å². The van der Waals surface area contributed by atoms with Crippen LogP contribution in [0.3, 0.4) is 0 Å². The monoisotopic (exact) mass is 701 g/mol. The van der Waals surface area contributed by atoms with Crippen molar-refractivity contribution in [1.82, 2.24) is 30.0 Å². The maximum absolute atomic E-state index is 14.0. The average molecular weight is 702 g/mol. The minimum atomic E-state index is -4.56. The van der Waals surface area contributed by atoms with Crippen molar-refractivity contribution in [3.05, 3.63) is 48.2 Å². The summed E-state index contributed by atoms with van der Waals surface area (Å²) >= 11 is 0. The van der Waals surface area contributed by atoms with Gasteiger partial charge in [-0.05, 0) is 93.3 Å². The third kappa shape index (κ3) is 5.68. The molecule has 5 aliphatic rings. The number of anilines is 1. The molecule has 2 spiro atoms. The van der Waals surface area contributed by atoms with Gasteiger partial charge >= 0.3 is 12.2 Å². The number of alkyl halides is 3. The maximum atomic E-state index is 14.0. The molecule has 1 N–H and O–H groups in total. The van der Waals surface area contributed by atoms with Crippen LogP contribution in [0.15, 0.2) is 37.1 Å². The van der Waals surface area contributed by atoms with Crippen LogP contribution in [0.4, 0.5) is 19.0 Å². The van der Waals surface area contributed by atoms with E-state index in [1.54, 1.807) is 6.20 Å². The molecule has 2 saturated carbocycles. The first-order valence-corrected chi connectivity index (χ1v) is 17.9. The van der Waals surface area contributed by atoms with Crippen LogP contribution in [0.2, 0.25) is 0 Å². The Morgan fingerprint density at radius 1 is 1.06 bits per heavy atom. The molecule has 268 valence electrons. The summed E-state index contributed by atoms with van der Waals surface area (Å²) in [7, 11) is 2.11. The van der Waals surface area contributed by atoms with E-state index in [2.05, 4.69) is 39.7 Å². The van der Waals surface area contributed by atoms with E-state index in [9.17, 15) is 18.0 Å². The summed E-state index contributed by atoms with van der Waals surface area (Å²) in [4.78, 5) is 28.5. The van der Waals surface area contributed by atoms with Gasteiger partial charge in [0.2, 0.25) is 5.91 Å². The molecule has 9 rings (SSSR count). The molecule has 0 unspecified atom stereocenters. The number of ether oxygens (including phenoxy) is 2. The highest BCUT2D eigenvalue weighted by molar-refractivity contribution is 6.06. The van der Waals surface area contributed by atoms with E-state index in [0.717, 1.165) is 79.2 Å². The van der Waals surface area contributed by atoms with Crippen molar-refractivity contribution in [2.45, 2.75) is 63.6 Å². The maximum Gasteiger partial charge on any atom is 0.422 e. The second-order valence-electron chi connectivity index (χ2n) is 15.9. The predicted molar refractivity (Wildman–Crippen MR) is 187 cm³/mol. The van der Waals surface area contributed by atoms with Crippen molar-refractivity contribution < 1.29 is 27.4 Å². The quantitative estimate of drug-likeness (QED) is 0.211. The number of aryl methyl sites for hydroxylation is 1. The van der Waals surface area contributed by atoms with Gasteiger partial charge in [0.05, 0.1) is 11.7 Å². The average Bonchev–Trinajstić information content (AvgIpc) is 3.79. The fourth-order valence-corrected chi connectivity index (χ4v) is 9.29. The summed E-state index contributed by atoms with van der Waals surface area (Å²) in [6.07, 6.45) is 3.83. The van der Waals surface area contributed by atoms with Crippen LogP contribution in [-0.2, 0) is 4.79 Å². The molecule has 13 heteroatoms. The highest BCUT2D eigenvalue weighted by atomic mass is 19.4. The van der Waals surface area contributed by atoms with E-state index in [4.69, 9.17) is 19.4 Å². The third-order valence-electron chi connectivity index (χ3n) is 11.9. The lowest BCUT2D eigenvalue weighted by Gasteiger charge is -2.57. The molecule has 4 aromatic rings. The largest absolute Gasteiger partial charge is 0.481 e. The first-order valence-electron chi connectivity index (χ1n) is 17.9. The van der Waals surface area contributed by atoms with Gasteiger partial charge in [-0.25, -0.2) is 0 Å². The van der Waals surface area contributed by atoms with E-state index in [0.29, 0.717) is 48.5 Å². The molecule has 10 nitrogen and oxygen atoms in total. The van der Waals surface area contributed by atoms with Crippen LogP contribution in [0.1, 0.15) is 55.6 Å². The molecular formula is C38H42F3N7O3. The summed E-state index contributed by atoms with van der Waals surface area (Å²) in [6.45, 7) is 8.98. The lowest BCUT2D eigenvalue weighted by Crippen LogP contribution is -2.63. The van der Waals surface area contributed by atoms with Crippen molar-refractivity contribution in [3.63, 3.8) is 0 Å². The number of likely N-dealkylation sites (tertiary alicyclic amines) is 2. The smallest absolute Gasteiger partial charge is 0.422 e. The third-order valence-corrected chi connectivity index (χ3v) is 11.9. The molecule has 3 aliphatic heterocycles. The van der Waals surface area contributed by atoms with Gasteiger partial charge in [-0.3, -0.25) is 9.89 Å². The van der Waals surface area contributed by atoms with Gasteiger partial charge in [-0.15, -0.1) is 0 Å². The number of H-pyrrole nitrogens is 1. The summed E-state index contributed by atoms with van der Waals surface area (Å²) in [6, 6.07) is 6.16. The number of rotatable bonds is 8. The minimum Gasteiger partial charge on any atom is -0.481 e. The van der Waals surface area contributed by atoms with Crippen LogP contribution in [0, 0.1) is 17.8 Å². The van der Waals surface area contributed by atoms with Crippen molar-refractivity contribution in [2.75, 3.05) is 57.8 Å². The fourth-order valence-electron chi connectivity index (χ4n) is 9.29. The van der Waals surface area contributed by atoms with Crippen molar-refractivity contribution in [3.8, 4) is 22.9 Å². The topological polar surface area (TPSA) is 99.7 Å². The molecule has 0 bridgehead atoms. The number of hydrogen-bond acceptors (Lipinski definition) is 8. The van der Waals surface area contributed by atoms with Crippen LogP contribution >= 0.6 is 0 Å². The summed E-state index contributed by atoms with van der Waals surface area (Å²) in [5, 5.41) is 8.78. The number of aromatic nitrogens is 4. The van der Waals surface area contributed by atoms with Crippen molar-refractivity contribution in [1.29, 1.82) is 0 Å². The molecule has 51 heavy (non-hydrogen) atoms. The van der Waals surface area contributed by atoms with E-state index in [-0.39, 0.29) is 40.5 Å². The SMILES string of the molecule is C=CC(=O)N1CC2(CCN(c3nc(OC4CC5(C4)CN(C)C5)nc4c(OCC(F)(F)F)c(-c5c(C)ccc6[nH]ncc56)c(C5CC5)cc34)CC2)C1. The van der Waals surface area contributed by atoms with Gasteiger partial charge in [0.25, 0.3) is 0 Å². The zero-order chi connectivity index (χ0) is 35.3. The Bertz CT molecular complexity index is 2050. The van der Waals surface area contributed by atoms with E-state index in [1.807, 2.05) is 24.0 Å². The van der Waals surface area contributed by atoms with Crippen LogP contribution in [0.5, 0.6) is 11.8 Å². The van der Waals surface area contributed by atoms with Gasteiger partial charge in [-0.2, -0.15) is 28.2 Å². The molecule has 5 heterocycles. The zero-order valence-electron chi connectivity index (χ0n) is 29.0. The van der Waals surface area contributed by atoms with Crippen LogP contribution in [-0.4, -0.2) is 101 Å². The Hall–Kier alpha value is -4.39. The first-order chi connectivity index (χ1) is 24.4. The number of amides is 1. The standard InChI is InChI=1S/C38H42F3N7O3/c1-4-29(49)48-19-36(20-48)9-11-47(12-10-36)34-26-13-25(23-6-7-23)31(30-22(2)5-8-28-27(30)16-42-45-28)33(50-21-38(39,40)41)32(26)43-35(44-34)51-24-14-37(15-24)17-46(3)18-37/h4-5,8,13,16,23-24H,1,6-7,9-12,14-15,17-21H2,2-3H3,(H,42,45). The Kier molecular flexibility index (Phi) is 7.37. The van der Waals surface area contributed by atoms with Crippen molar-refractivity contribution >= 4 is 33.5 Å². The normalized spacial score (nSPS) is 21.5. The number of nitrogens with zero attached hydrogens (tertiary/aromatic N) is 6. The number of nitrogens with one attached hydrogen (secondary N) is 1. The molecule has 2 aromatic heterocycles. The summed E-state index contributed by atoms with van der Waals surface area (Å²) in [5.41, 5.74) is 4.69. The number of carbonyl (C=O) groups is 1. The summed E-state index contributed by atoms with van der Waals surface area (Å²) in [5.74, 6) is 0.884. The van der Waals surface area contributed by atoms with Crippen LogP contribution in [0.25, 0.3) is 32.9 Å². The lowest BCUT2D eigenvalue weighted by atomic mass is 9.62. The number of fused-ring (bicyclic) bond motifs is 2. The number of carbonyl (C=O) groups excluding carboxylic acids is 1. The number of benzene rings is 2. The minimum absolute atomic E-state index is 0.0433. The van der Waals surface area contributed by atoms with E-state index < -0.39 is 12.8 Å². The molecule has 2 aliphatic carbocycles. The Morgan fingerprint density at radius 3 is 2.47 bits per heavy atom. The summed E-state index contributed by atoms with van der Waals surface area (Å²) < 4.78 is 54.5. The Morgan fingerprint density at radius 2 is 1.80 bits per heavy atom. The first kappa shape index (κ1) is 32.5. The van der Waals surface area contributed by atoms with E-state index >= 15 is 0 Å². The number of halogens is 3. The fraction of sp³-hybridized carbons (Fsp3) is 0.526. The van der Waals surface area contributed by atoms with E-state index in [1.165, 1.54) is 6.08 Å². The molecule has 2 aromatic carbocycles. The van der Waals surface area contributed by atoms with Gasteiger partial charge in [0, 0.05) is 66.4 Å². The molecular weight excluding hydrogens is 659 g/mol. The Balaban J connectivity index is 1.18. The molecule has 0 atom stereocenters. The lowest BCUT2D eigenvalue weighted by molar-refractivity contribution is -0.153. The zero-order valence-corrected chi connectivity index (χ0v) is 29.0. The van der Waals surface area contributed by atoms with Crippen molar-refractivity contribution in [2.24, 2.45) is 10.8 Å². The number of hydrogen-bond donors (Lipinski definition) is 1. The highest BCUT2D eigenvalue weighted by Gasteiger charge is 2.52. The van der Waals surface area contributed by atoms with Gasteiger partial charge < -0.3 is 24.2 Å². The van der Waals surface area contributed by atoms with Gasteiger partial charge in [0.15, 0.2) is 12.4 Å². The molecule has 0 radical (unpaired) electrons. The predicted octanol–water partition coefficient (Wildman–Crippen LogP) is 6.39. The second kappa shape index (κ2) is 11.6. The van der Waals surface area contributed by atoms with Crippen LogP contribution < -0.4 is 14.4 Å². The molecule has 5 fully saturated rings. The molecule has 1 amide bonds. The second-order valence-corrected chi connectivity index (χ2v) is 15.9. The molecule has 3 saturated heterocycles. The highest BCUT2D eigenvalue weighted by Crippen LogP contribution is 2.54. The number of aromatic amines is 1. The number of piperidine rings is 1. The Labute approximate surface area is 294 Å². The van der Waals surface area contributed by atoms with Gasteiger partial charge in [0.1, 0.15) is 17.4 Å².